The molecule has 0 spiro atoms. The maximum absolute atomic E-state index is 14.3. The second kappa shape index (κ2) is 11.5. The summed E-state index contributed by atoms with van der Waals surface area (Å²) < 4.78 is 19.0. The summed E-state index contributed by atoms with van der Waals surface area (Å²) in [5, 5.41) is 19.1. The number of ether oxygens (including phenoxy) is 1. The molecule has 0 radical (unpaired) electrons. The van der Waals surface area contributed by atoms with E-state index in [1.165, 1.54) is 25.3 Å². The zero-order valence-electron chi connectivity index (χ0n) is 24.5. The van der Waals surface area contributed by atoms with Crippen LogP contribution in [0.4, 0.5) is 10.1 Å². The van der Waals surface area contributed by atoms with Crippen molar-refractivity contribution in [1.29, 1.82) is 0 Å². The fourth-order valence-electron chi connectivity index (χ4n) is 7.33. The predicted octanol–water partition coefficient (Wildman–Crippen LogP) is 4.51. The first-order chi connectivity index (χ1) is 21.8. The second-order valence-corrected chi connectivity index (χ2v) is 13.2. The first kappa shape index (κ1) is 31.7. The molecule has 2 N–H and O–H groups in total. The molecular weight excluding hydrogens is 642 g/mol. The van der Waals surface area contributed by atoms with Crippen molar-refractivity contribution in [1.82, 2.24) is 4.90 Å². The van der Waals surface area contributed by atoms with Crippen LogP contribution in [-0.2, 0) is 24.0 Å². The SMILES string of the molecule is COc1cc(C=CC2C3=CCC4C(=O)N(CCCC(=O)O)C(=O)C4C3CC3(Cl)C(=O)N(c4ccc(F)cc4)C(=O)C23Cl)ccc1O. The largest absolute Gasteiger partial charge is 0.504 e. The Morgan fingerprint density at radius 2 is 1.78 bits per heavy atom. The number of phenolic OH excluding ortho intramolecular Hbond substituents is 1. The number of aromatic hydroxyl groups is 1. The fraction of sp³-hybridized carbons (Fsp3) is 0.364. The first-order valence-electron chi connectivity index (χ1n) is 14.7. The minimum atomic E-state index is -2.07. The molecule has 4 aliphatic rings. The van der Waals surface area contributed by atoms with Crippen LogP contribution in [0.25, 0.3) is 6.08 Å². The lowest BCUT2D eigenvalue weighted by Gasteiger charge is -2.49. The molecule has 6 atom stereocenters. The molecule has 2 aliphatic heterocycles. The summed E-state index contributed by atoms with van der Waals surface area (Å²) in [6.07, 6.45) is 4.85. The number of aliphatic carboxylic acids is 1. The van der Waals surface area contributed by atoms with E-state index in [2.05, 4.69) is 0 Å². The van der Waals surface area contributed by atoms with Crippen LogP contribution >= 0.6 is 23.2 Å². The number of allylic oxidation sites excluding steroid dienone is 3. The molecule has 240 valence electrons. The number of hydrogen-bond acceptors (Lipinski definition) is 7. The highest BCUT2D eigenvalue weighted by atomic mass is 35.5. The minimum Gasteiger partial charge on any atom is -0.504 e. The highest BCUT2D eigenvalue weighted by Gasteiger charge is 2.76. The monoisotopic (exact) mass is 670 g/mol. The minimum absolute atomic E-state index is 0.0632. The number of carbonyl (C=O) groups excluding carboxylic acids is 4. The number of amides is 4. The lowest BCUT2D eigenvalue weighted by Crippen LogP contribution is -2.60. The van der Waals surface area contributed by atoms with E-state index in [4.69, 9.17) is 33.0 Å². The molecule has 13 heteroatoms. The summed E-state index contributed by atoms with van der Waals surface area (Å²) in [7, 11) is 1.39. The van der Waals surface area contributed by atoms with Gasteiger partial charge in [0.05, 0.1) is 24.6 Å². The van der Waals surface area contributed by atoms with E-state index in [1.807, 2.05) is 0 Å². The number of alkyl halides is 2. The Kier molecular flexibility index (Phi) is 7.97. The Morgan fingerprint density at radius 1 is 1.07 bits per heavy atom. The molecule has 2 aliphatic carbocycles. The number of nitrogens with zero attached hydrogens (tertiary/aromatic N) is 2. The van der Waals surface area contributed by atoms with Crippen LogP contribution in [0.1, 0.15) is 31.2 Å². The van der Waals surface area contributed by atoms with E-state index >= 15 is 0 Å². The van der Waals surface area contributed by atoms with E-state index in [-0.39, 0.29) is 49.4 Å². The van der Waals surface area contributed by atoms with Gasteiger partial charge in [-0.15, -0.1) is 23.2 Å². The molecule has 0 aromatic heterocycles. The maximum atomic E-state index is 14.3. The van der Waals surface area contributed by atoms with Gasteiger partial charge in [-0.05, 0) is 67.1 Å². The Hall–Kier alpha value is -4.22. The van der Waals surface area contributed by atoms with E-state index in [1.54, 1.807) is 30.4 Å². The van der Waals surface area contributed by atoms with Crippen LogP contribution < -0.4 is 9.64 Å². The number of benzene rings is 2. The van der Waals surface area contributed by atoms with Crippen molar-refractivity contribution >= 4 is 64.6 Å². The van der Waals surface area contributed by atoms with E-state index < -0.39 is 68.8 Å². The molecule has 4 amide bonds. The van der Waals surface area contributed by atoms with Crippen LogP contribution in [-0.4, -0.2) is 68.1 Å². The van der Waals surface area contributed by atoms with Gasteiger partial charge in [0.25, 0.3) is 11.8 Å². The molecule has 0 bridgehead atoms. The maximum Gasteiger partial charge on any atom is 0.303 e. The number of hydrogen-bond donors (Lipinski definition) is 2. The van der Waals surface area contributed by atoms with Crippen molar-refractivity contribution in [2.75, 3.05) is 18.6 Å². The van der Waals surface area contributed by atoms with Gasteiger partial charge in [0, 0.05) is 18.9 Å². The zero-order chi connectivity index (χ0) is 33.1. The second-order valence-electron chi connectivity index (χ2n) is 11.9. The van der Waals surface area contributed by atoms with E-state index in [0.717, 1.165) is 21.9 Å². The number of fused-ring (bicyclic) bond motifs is 4. The Morgan fingerprint density at radius 3 is 2.46 bits per heavy atom. The van der Waals surface area contributed by atoms with Crippen molar-refractivity contribution in [3.8, 4) is 11.5 Å². The number of methoxy groups -OCH3 is 1. The number of anilines is 1. The van der Waals surface area contributed by atoms with Crippen molar-refractivity contribution < 1.29 is 43.3 Å². The zero-order valence-corrected chi connectivity index (χ0v) is 26.0. The summed E-state index contributed by atoms with van der Waals surface area (Å²) in [5.74, 6) is -7.51. The Bertz CT molecular complexity index is 1730. The molecule has 3 fully saturated rings. The van der Waals surface area contributed by atoms with E-state index in [0.29, 0.717) is 11.1 Å². The molecular formula is C33H29Cl2FN2O8. The molecule has 2 saturated heterocycles. The van der Waals surface area contributed by atoms with Gasteiger partial charge in [-0.3, -0.25) is 28.9 Å². The average Bonchev–Trinajstić information content (AvgIpc) is 3.35. The van der Waals surface area contributed by atoms with Crippen molar-refractivity contribution in [2.45, 2.75) is 35.4 Å². The Labute approximate surface area is 273 Å². The van der Waals surface area contributed by atoms with Gasteiger partial charge >= 0.3 is 5.97 Å². The quantitative estimate of drug-likeness (QED) is 0.237. The third kappa shape index (κ3) is 4.70. The number of carbonyl (C=O) groups is 5. The van der Waals surface area contributed by atoms with Crippen molar-refractivity contribution in [3.05, 3.63) is 71.6 Å². The highest BCUT2D eigenvalue weighted by molar-refractivity contribution is 6.58. The topological polar surface area (TPSA) is 142 Å². The summed E-state index contributed by atoms with van der Waals surface area (Å²) >= 11 is 14.5. The third-order valence-electron chi connectivity index (χ3n) is 9.50. The molecule has 6 unspecified atom stereocenters. The van der Waals surface area contributed by atoms with Gasteiger partial charge in [0.1, 0.15) is 5.82 Å². The number of carboxylic acid groups (broad SMARTS) is 1. The van der Waals surface area contributed by atoms with Crippen molar-refractivity contribution in [2.24, 2.45) is 23.7 Å². The summed E-state index contributed by atoms with van der Waals surface area (Å²) in [5.41, 5.74) is 1.21. The number of carboxylic acids is 1. The number of rotatable bonds is 8. The molecule has 2 heterocycles. The van der Waals surface area contributed by atoms with Crippen LogP contribution in [0.3, 0.4) is 0 Å². The smallest absolute Gasteiger partial charge is 0.303 e. The van der Waals surface area contributed by atoms with Crippen LogP contribution in [0.5, 0.6) is 11.5 Å². The lowest BCUT2D eigenvalue weighted by molar-refractivity contribution is -0.142. The molecule has 2 aromatic carbocycles. The van der Waals surface area contributed by atoms with Crippen LogP contribution in [0, 0.1) is 29.5 Å². The molecule has 10 nitrogen and oxygen atoms in total. The normalized spacial score (nSPS) is 30.4. The lowest BCUT2D eigenvalue weighted by atomic mass is 9.57. The number of halogens is 3. The van der Waals surface area contributed by atoms with Crippen LogP contribution in [0.15, 0.2) is 60.2 Å². The number of phenols is 1. The Balaban J connectivity index is 1.45. The first-order valence-corrected chi connectivity index (χ1v) is 15.4. The predicted molar refractivity (Wildman–Crippen MR) is 165 cm³/mol. The van der Waals surface area contributed by atoms with Gasteiger partial charge in [0.2, 0.25) is 11.8 Å². The van der Waals surface area contributed by atoms with Gasteiger partial charge in [-0.1, -0.05) is 29.9 Å². The van der Waals surface area contributed by atoms with Gasteiger partial charge in [-0.25, -0.2) is 9.29 Å². The molecule has 46 heavy (non-hydrogen) atoms. The van der Waals surface area contributed by atoms with Gasteiger partial charge in [-0.2, -0.15) is 0 Å². The van der Waals surface area contributed by atoms with Crippen LogP contribution in [0.2, 0.25) is 0 Å². The van der Waals surface area contributed by atoms with Crippen molar-refractivity contribution in [3.63, 3.8) is 0 Å². The van der Waals surface area contributed by atoms with Gasteiger partial charge in [0.15, 0.2) is 21.2 Å². The van der Waals surface area contributed by atoms with Gasteiger partial charge < -0.3 is 14.9 Å². The molecule has 1 saturated carbocycles. The summed E-state index contributed by atoms with van der Waals surface area (Å²) in [4.78, 5) is 64.5. The molecule has 2 aromatic rings. The number of imide groups is 2. The fourth-order valence-corrected chi connectivity index (χ4v) is 8.22. The standard InChI is InChI=1S/C33H29Cl2FN2O8/c1-46-25-15-17(5-13-24(25)39)4-12-23-20-10-11-21-27(29(43)37(28(21)42)14-2-3-26(40)41)22(20)16-32(34)30(44)38(31(45)33(23,32)35)19-8-6-18(36)7-9-19/h4-10,12-13,15,21-23,27,39H,2-3,11,14,16H2,1H3,(H,40,41). The highest BCUT2D eigenvalue weighted by Crippen LogP contribution is 2.63. The molecule has 6 rings (SSSR count). The van der Waals surface area contributed by atoms with E-state index in [9.17, 15) is 33.5 Å². The average molecular weight is 672 g/mol. The number of likely N-dealkylation sites (tertiary alicyclic amines) is 1. The summed E-state index contributed by atoms with van der Waals surface area (Å²) in [6.45, 7) is -0.0632. The summed E-state index contributed by atoms with van der Waals surface area (Å²) in [6, 6.07) is 9.34. The third-order valence-corrected chi connectivity index (χ3v) is 10.9.